The van der Waals surface area contributed by atoms with Crippen molar-refractivity contribution in [2.75, 3.05) is 0 Å². The van der Waals surface area contributed by atoms with Gasteiger partial charge in [0.15, 0.2) is 11.6 Å². The number of rotatable bonds is 1. The van der Waals surface area contributed by atoms with Gasteiger partial charge in [-0.25, -0.2) is 0 Å². The Morgan fingerprint density at radius 1 is 0.714 bits per heavy atom. The van der Waals surface area contributed by atoms with Crippen molar-refractivity contribution in [3.8, 4) is 0 Å². The topological polar surface area (TPSA) is 46.2 Å². The molecule has 122 valence electrons. The fraction of sp³-hybridized carbons (Fsp3) is 1.00. The summed E-state index contributed by atoms with van der Waals surface area (Å²) in [6, 6.07) is 0. The van der Waals surface area contributed by atoms with Crippen molar-refractivity contribution < 1.29 is 23.7 Å². The molecule has 0 aromatic heterocycles. The van der Waals surface area contributed by atoms with Crippen LogP contribution in [-0.2, 0) is 23.7 Å². The van der Waals surface area contributed by atoms with E-state index in [2.05, 4.69) is 13.8 Å². The molecule has 0 aromatic carbocycles. The van der Waals surface area contributed by atoms with Crippen molar-refractivity contribution in [2.24, 2.45) is 5.92 Å². The Labute approximate surface area is 127 Å². The maximum atomic E-state index is 6.21. The minimum absolute atomic E-state index is 0.00513. The van der Waals surface area contributed by atoms with Crippen LogP contribution in [0, 0.1) is 5.92 Å². The Kier molecular flexibility index (Phi) is 3.66. The summed E-state index contributed by atoms with van der Waals surface area (Å²) in [5.74, 6) is -0.887. The zero-order valence-electron chi connectivity index (χ0n) is 14.1. The maximum absolute atomic E-state index is 6.21. The summed E-state index contributed by atoms with van der Waals surface area (Å²) in [5, 5.41) is 0. The molecule has 0 unspecified atom stereocenters. The minimum atomic E-state index is -0.638. The summed E-state index contributed by atoms with van der Waals surface area (Å²) in [6.07, 6.45) is -0.529. The molecule has 6 atom stereocenters. The van der Waals surface area contributed by atoms with Gasteiger partial charge in [-0.1, -0.05) is 13.8 Å². The van der Waals surface area contributed by atoms with Crippen molar-refractivity contribution >= 4 is 0 Å². The second-order valence-electron chi connectivity index (χ2n) is 7.68. The van der Waals surface area contributed by atoms with Gasteiger partial charge in [0.2, 0.25) is 0 Å². The van der Waals surface area contributed by atoms with Crippen LogP contribution in [0.5, 0.6) is 0 Å². The predicted molar refractivity (Wildman–Crippen MR) is 76.8 cm³/mol. The number of hydrogen-bond donors (Lipinski definition) is 0. The fourth-order valence-corrected chi connectivity index (χ4v) is 3.69. The van der Waals surface area contributed by atoms with E-state index in [1.54, 1.807) is 0 Å². The molecule has 5 heteroatoms. The molecule has 3 rings (SSSR count). The van der Waals surface area contributed by atoms with Gasteiger partial charge in [0.05, 0.1) is 12.2 Å². The molecule has 0 N–H and O–H groups in total. The average Bonchev–Trinajstić information content (AvgIpc) is 2.66. The van der Waals surface area contributed by atoms with Crippen molar-refractivity contribution in [1.29, 1.82) is 0 Å². The lowest BCUT2D eigenvalue weighted by atomic mass is 9.87. The molecule has 5 nitrogen and oxygen atoms in total. The summed E-state index contributed by atoms with van der Waals surface area (Å²) in [6.45, 7) is 14.1. The molecule has 0 amide bonds. The molecule has 21 heavy (non-hydrogen) atoms. The maximum Gasteiger partial charge on any atom is 0.164 e. The van der Waals surface area contributed by atoms with Crippen molar-refractivity contribution in [1.82, 2.24) is 0 Å². The average molecular weight is 300 g/mol. The van der Waals surface area contributed by atoms with E-state index in [-0.39, 0.29) is 36.6 Å². The standard InChI is InChI=1S/C16H28O5/c1-8(2)10-12-14(21-15(4,5)18-10)13-11(9(3)17-12)19-16(6,7)20-13/h8-14H,1-7H3/t9-,10-,11+,12-,13+,14+/m0/s1. The summed E-state index contributed by atoms with van der Waals surface area (Å²) in [4.78, 5) is 0. The Bertz CT molecular complexity index is 403. The first-order valence-electron chi connectivity index (χ1n) is 7.96. The lowest BCUT2D eigenvalue weighted by Crippen LogP contribution is -2.66. The quantitative estimate of drug-likeness (QED) is 0.744. The van der Waals surface area contributed by atoms with Gasteiger partial charge < -0.3 is 23.7 Å². The molecule has 0 aromatic rings. The molecule has 3 saturated heterocycles. The summed E-state index contributed by atoms with van der Waals surface area (Å²) >= 11 is 0. The van der Waals surface area contributed by atoms with Gasteiger partial charge in [-0.3, -0.25) is 0 Å². The summed E-state index contributed by atoms with van der Waals surface area (Å²) < 4.78 is 30.6. The second-order valence-corrected chi connectivity index (χ2v) is 7.68. The van der Waals surface area contributed by atoms with E-state index >= 15 is 0 Å². The van der Waals surface area contributed by atoms with E-state index in [9.17, 15) is 0 Å². The molecule has 0 saturated carbocycles. The van der Waals surface area contributed by atoms with E-state index in [0.29, 0.717) is 5.92 Å². The fourth-order valence-electron chi connectivity index (χ4n) is 3.69. The molecule has 0 bridgehead atoms. The van der Waals surface area contributed by atoms with Crippen LogP contribution in [0.1, 0.15) is 48.5 Å². The highest BCUT2D eigenvalue weighted by molar-refractivity contribution is 5.03. The number of ether oxygens (including phenoxy) is 5. The van der Waals surface area contributed by atoms with Gasteiger partial charge >= 0.3 is 0 Å². The normalized spacial score (nSPS) is 48.0. The zero-order valence-corrected chi connectivity index (χ0v) is 14.1. The van der Waals surface area contributed by atoms with Gasteiger partial charge in [0.1, 0.15) is 24.4 Å². The lowest BCUT2D eigenvalue weighted by Gasteiger charge is -2.52. The van der Waals surface area contributed by atoms with Crippen molar-refractivity contribution in [3.05, 3.63) is 0 Å². The van der Waals surface area contributed by atoms with E-state index in [1.807, 2.05) is 34.6 Å². The summed E-state index contributed by atoms with van der Waals surface area (Å²) in [7, 11) is 0. The van der Waals surface area contributed by atoms with Crippen molar-refractivity contribution in [3.63, 3.8) is 0 Å². The third kappa shape index (κ3) is 2.75. The number of fused-ring (bicyclic) bond motifs is 3. The van der Waals surface area contributed by atoms with E-state index in [0.717, 1.165) is 0 Å². The highest BCUT2D eigenvalue weighted by Crippen LogP contribution is 2.44. The highest BCUT2D eigenvalue weighted by atomic mass is 16.8. The largest absolute Gasteiger partial charge is 0.367 e. The zero-order chi connectivity index (χ0) is 15.6. The predicted octanol–water partition coefficient (Wildman–Crippen LogP) is 2.47. The Morgan fingerprint density at radius 3 is 1.76 bits per heavy atom. The van der Waals surface area contributed by atoms with Gasteiger partial charge in [0, 0.05) is 0 Å². The number of hydrogen-bond acceptors (Lipinski definition) is 5. The molecule has 0 aliphatic carbocycles. The Morgan fingerprint density at radius 2 is 1.19 bits per heavy atom. The highest BCUT2D eigenvalue weighted by Gasteiger charge is 2.59. The first kappa shape index (κ1) is 15.7. The van der Waals surface area contributed by atoms with Crippen LogP contribution in [0.3, 0.4) is 0 Å². The molecule has 3 fully saturated rings. The molecule has 3 aliphatic rings. The molecule has 3 heterocycles. The van der Waals surface area contributed by atoms with E-state index in [1.165, 1.54) is 0 Å². The van der Waals surface area contributed by atoms with Gasteiger partial charge in [-0.15, -0.1) is 0 Å². The monoisotopic (exact) mass is 300 g/mol. The van der Waals surface area contributed by atoms with Crippen LogP contribution in [0.4, 0.5) is 0 Å². The van der Waals surface area contributed by atoms with E-state index in [4.69, 9.17) is 23.7 Å². The van der Waals surface area contributed by atoms with Gasteiger partial charge in [-0.05, 0) is 40.5 Å². The smallest absolute Gasteiger partial charge is 0.164 e. The third-order valence-corrected chi connectivity index (χ3v) is 4.47. The minimum Gasteiger partial charge on any atom is -0.367 e. The molecule has 0 spiro atoms. The first-order valence-corrected chi connectivity index (χ1v) is 7.96. The lowest BCUT2D eigenvalue weighted by molar-refractivity contribution is -0.376. The van der Waals surface area contributed by atoms with Crippen molar-refractivity contribution in [2.45, 2.75) is 96.7 Å². The Hall–Kier alpha value is -0.200. The van der Waals surface area contributed by atoms with Crippen LogP contribution >= 0.6 is 0 Å². The Balaban J connectivity index is 1.91. The molecular formula is C16H28O5. The van der Waals surface area contributed by atoms with E-state index < -0.39 is 11.6 Å². The first-order chi connectivity index (χ1) is 9.60. The molecule has 3 aliphatic heterocycles. The van der Waals surface area contributed by atoms with Crippen LogP contribution in [0.25, 0.3) is 0 Å². The second kappa shape index (κ2) is 4.90. The van der Waals surface area contributed by atoms with Crippen LogP contribution in [0.2, 0.25) is 0 Å². The van der Waals surface area contributed by atoms with Crippen LogP contribution < -0.4 is 0 Å². The third-order valence-electron chi connectivity index (χ3n) is 4.47. The van der Waals surface area contributed by atoms with Crippen LogP contribution in [-0.4, -0.2) is 48.2 Å². The molecule has 0 radical (unpaired) electrons. The summed E-state index contributed by atoms with van der Waals surface area (Å²) in [5.41, 5.74) is 0. The SMILES string of the molecule is CC(C)[C@@H]1OC(C)(C)O[C@H]2[C@@H]3OC(C)(C)O[C@@H]3[C@H](C)O[C@H]21. The molecular weight excluding hydrogens is 272 g/mol. The van der Waals surface area contributed by atoms with Gasteiger partial charge in [0.25, 0.3) is 0 Å². The van der Waals surface area contributed by atoms with Gasteiger partial charge in [-0.2, -0.15) is 0 Å². The van der Waals surface area contributed by atoms with Crippen LogP contribution in [0.15, 0.2) is 0 Å².